The van der Waals surface area contributed by atoms with Crippen molar-refractivity contribution in [3.63, 3.8) is 0 Å². The topological polar surface area (TPSA) is 132 Å². The minimum absolute atomic E-state index is 0.0843. The summed E-state index contributed by atoms with van der Waals surface area (Å²) in [4.78, 5) is 51.4. The molecule has 0 fully saturated rings. The number of hydrogen-bond acceptors (Lipinski definition) is 8. The van der Waals surface area contributed by atoms with Crippen molar-refractivity contribution in [2.24, 2.45) is 0 Å². The molecule has 3 heterocycles. The van der Waals surface area contributed by atoms with Crippen LogP contribution in [0, 0.1) is 11.3 Å². The van der Waals surface area contributed by atoms with Crippen molar-refractivity contribution < 1.29 is 19.1 Å². The Hall–Kier alpha value is -3.88. The number of carbonyl (C=O) groups is 3. The first kappa shape index (κ1) is 28.7. The van der Waals surface area contributed by atoms with Crippen LogP contribution in [0.25, 0.3) is 0 Å². The number of fused-ring (bicyclic) bond motifs is 1. The van der Waals surface area contributed by atoms with Gasteiger partial charge in [0.2, 0.25) is 5.91 Å². The lowest BCUT2D eigenvalue weighted by molar-refractivity contribution is -0.129. The lowest BCUT2D eigenvalue weighted by Gasteiger charge is -2.30. The van der Waals surface area contributed by atoms with Crippen LogP contribution in [0.1, 0.15) is 52.5 Å². The van der Waals surface area contributed by atoms with Crippen LogP contribution in [0.3, 0.4) is 0 Å². The second kappa shape index (κ2) is 13.6. The predicted molar refractivity (Wildman–Crippen MR) is 143 cm³/mol. The maximum atomic E-state index is 13.3. The molecule has 2 aromatic heterocycles. The van der Waals surface area contributed by atoms with Crippen molar-refractivity contribution in [2.45, 2.75) is 39.2 Å². The largest absolute Gasteiger partial charge is 0.385 e. The lowest BCUT2D eigenvalue weighted by Crippen LogP contribution is -2.40. The summed E-state index contributed by atoms with van der Waals surface area (Å²) in [5.74, 6) is 0.675. The number of amides is 3. The van der Waals surface area contributed by atoms with E-state index in [0.29, 0.717) is 68.1 Å². The number of ether oxygens (including phenoxy) is 1. The van der Waals surface area contributed by atoms with Gasteiger partial charge in [-0.3, -0.25) is 19.8 Å². The van der Waals surface area contributed by atoms with Crippen LogP contribution in [0.4, 0.5) is 16.4 Å². The summed E-state index contributed by atoms with van der Waals surface area (Å²) in [6.45, 7) is 3.99. The molecule has 0 saturated carbocycles. The van der Waals surface area contributed by atoms with Crippen LogP contribution < -0.4 is 10.2 Å². The number of nitrogens with zero attached hydrogens (tertiary/aromatic N) is 6. The Kier molecular flexibility index (Phi) is 10.3. The summed E-state index contributed by atoms with van der Waals surface area (Å²) in [7, 11) is 5.49. The highest BCUT2D eigenvalue weighted by Gasteiger charge is 2.27. The zero-order valence-electron chi connectivity index (χ0n) is 22.5. The third-order valence-corrected chi connectivity index (χ3v) is 6.39. The third-order valence-electron chi connectivity index (χ3n) is 6.39. The van der Waals surface area contributed by atoms with E-state index in [1.165, 1.54) is 18.0 Å². The molecular formula is C27H35N7O4. The smallest absolute Gasteiger partial charge is 0.328 e. The van der Waals surface area contributed by atoms with Crippen molar-refractivity contribution >= 4 is 29.9 Å². The van der Waals surface area contributed by atoms with Gasteiger partial charge in [-0.2, -0.15) is 5.26 Å². The van der Waals surface area contributed by atoms with Gasteiger partial charge < -0.3 is 14.5 Å². The molecule has 1 aliphatic rings. The van der Waals surface area contributed by atoms with E-state index in [4.69, 9.17) is 4.74 Å². The summed E-state index contributed by atoms with van der Waals surface area (Å²) in [6.07, 6.45) is 4.90. The first-order valence-electron chi connectivity index (χ1n) is 12.6. The Labute approximate surface area is 223 Å². The highest BCUT2D eigenvalue weighted by Crippen LogP contribution is 2.28. The fourth-order valence-electron chi connectivity index (χ4n) is 4.32. The average Bonchev–Trinajstić information content (AvgIpc) is 2.90. The fraction of sp³-hybridized carbons (Fsp3) is 0.481. The molecule has 1 aliphatic heterocycles. The Morgan fingerprint density at radius 1 is 1.26 bits per heavy atom. The normalized spacial score (nSPS) is 12.6. The summed E-state index contributed by atoms with van der Waals surface area (Å²) in [5.41, 5.74) is 2.94. The summed E-state index contributed by atoms with van der Waals surface area (Å²) in [6, 6.07) is 5.30. The highest BCUT2D eigenvalue weighted by atomic mass is 16.5. The van der Waals surface area contributed by atoms with Crippen molar-refractivity contribution in [1.82, 2.24) is 19.8 Å². The number of aryl methyl sites for hydroxylation is 2. The van der Waals surface area contributed by atoms with Crippen molar-refractivity contribution in [1.29, 1.82) is 5.26 Å². The molecule has 3 amide bonds. The molecule has 0 saturated heterocycles. The molecule has 11 heteroatoms. The number of pyridine rings is 2. The van der Waals surface area contributed by atoms with Crippen LogP contribution in [0.5, 0.6) is 0 Å². The number of hydrogen-bond donors (Lipinski definition) is 1. The van der Waals surface area contributed by atoms with Crippen LogP contribution in [0.2, 0.25) is 0 Å². The Morgan fingerprint density at radius 3 is 2.71 bits per heavy atom. The van der Waals surface area contributed by atoms with Crippen molar-refractivity contribution in [2.75, 3.05) is 57.7 Å². The number of likely N-dealkylation sites (N-methyl/N-ethyl adjacent to an activating group) is 1. The Bertz CT molecular complexity index is 1210. The molecule has 38 heavy (non-hydrogen) atoms. The Morgan fingerprint density at radius 2 is 2.05 bits per heavy atom. The molecule has 0 atom stereocenters. The molecule has 2 aromatic rings. The molecule has 1 N–H and O–H groups in total. The van der Waals surface area contributed by atoms with Gasteiger partial charge in [0.1, 0.15) is 23.4 Å². The van der Waals surface area contributed by atoms with Gasteiger partial charge in [-0.1, -0.05) is 0 Å². The van der Waals surface area contributed by atoms with E-state index in [2.05, 4.69) is 21.4 Å². The van der Waals surface area contributed by atoms with E-state index in [-0.39, 0.29) is 18.1 Å². The van der Waals surface area contributed by atoms with E-state index in [9.17, 15) is 19.6 Å². The quantitative estimate of drug-likeness (QED) is 0.353. The molecule has 0 bridgehead atoms. The number of rotatable bonds is 11. The van der Waals surface area contributed by atoms with E-state index >= 15 is 0 Å². The predicted octanol–water partition coefficient (Wildman–Crippen LogP) is 2.63. The van der Waals surface area contributed by atoms with E-state index in [1.807, 2.05) is 25.1 Å². The fourth-order valence-corrected chi connectivity index (χ4v) is 4.32. The molecule has 0 spiro atoms. The Balaban J connectivity index is 1.82. The summed E-state index contributed by atoms with van der Waals surface area (Å²) in [5, 5.41) is 12.2. The molecular weight excluding hydrogens is 486 g/mol. The van der Waals surface area contributed by atoms with Crippen LogP contribution in [-0.2, 0) is 28.9 Å². The van der Waals surface area contributed by atoms with Crippen LogP contribution in [-0.4, -0.2) is 85.4 Å². The molecule has 3 rings (SSSR count). The number of nitriles is 1. The zero-order chi connectivity index (χ0) is 27.7. The van der Waals surface area contributed by atoms with Crippen molar-refractivity contribution in [3.8, 4) is 6.07 Å². The number of carbonyl (C=O) groups excluding carboxylic acids is 3. The zero-order valence-corrected chi connectivity index (χ0v) is 22.5. The molecule has 0 aliphatic carbocycles. The number of urea groups is 1. The maximum absolute atomic E-state index is 13.3. The van der Waals surface area contributed by atoms with Gasteiger partial charge in [0.25, 0.3) is 0 Å². The van der Waals surface area contributed by atoms with Crippen LogP contribution >= 0.6 is 0 Å². The van der Waals surface area contributed by atoms with Gasteiger partial charge in [0, 0.05) is 58.6 Å². The number of anilines is 2. The highest BCUT2D eigenvalue weighted by molar-refractivity contribution is 6.01. The molecule has 202 valence electrons. The van der Waals surface area contributed by atoms with Gasteiger partial charge >= 0.3 is 6.03 Å². The summed E-state index contributed by atoms with van der Waals surface area (Å²) < 4.78 is 5.10. The van der Waals surface area contributed by atoms with Gasteiger partial charge in [0.05, 0.1) is 5.56 Å². The minimum Gasteiger partial charge on any atom is -0.385 e. The molecule has 11 nitrogen and oxygen atoms in total. The number of methoxy groups -OCH3 is 1. The van der Waals surface area contributed by atoms with E-state index in [1.54, 1.807) is 18.1 Å². The van der Waals surface area contributed by atoms with E-state index < -0.39 is 6.03 Å². The first-order chi connectivity index (χ1) is 18.3. The second-order valence-corrected chi connectivity index (χ2v) is 9.50. The summed E-state index contributed by atoms with van der Waals surface area (Å²) >= 11 is 0. The van der Waals surface area contributed by atoms with Crippen LogP contribution in [0.15, 0.2) is 18.3 Å². The standard InChI is InChI=1S/C27H35N7O4/c1-19(36)33(11-10-32(2)3)17-22-13-21-7-5-9-34(26(21)30-24(22)18-35)27(37)31-25-14-20(8-6-12-38-4)23(15-28)16-29-25/h13-14,16,18H,5-12,17H2,1-4H3,(H,29,31,37). The molecule has 0 aromatic carbocycles. The molecule has 0 radical (unpaired) electrons. The van der Waals surface area contributed by atoms with Crippen molar-refractivity contribution in [3.05, 3.63) is 46.3 Å². The molecule has 0 unspecified atom stereocenters. The second-order valence-electron chi connectivity index (χ2n) is 9.50. The lowest BCUT2D eigenvalue weighted by atomic mass is 10.0. The number of nitrogens with one attached hydrogen (secondary N) is 1. The van der Waals surface area contributed by atoms with Gasteiger partial charge in [-0.15, -0.1) is 0 Å². The maximum Gasteiger partial charge on any atom is 0.328 e. The minimum atomic E-state index is -0.417. The third kappa shape index (κ3) is 7.34. The first-order valence-corrected chi connectivity index (χ1v) is 12.6. The average molecular weight is 522 g/mol. The van der Waals surface area contributed by atoms with Gasteiger partial charge in [0.15, 0.2) is 6.29 Å². The van der Waals surface area contributed by atoms with Gasteiger partial charge in [-0.25, -0.2) is 14.8 Å². The monoisotopic (exact) mass is 521 g/mol. The number of aldehydes is 1. The van der Waals surface area contributed by atoms with Gasteiger partial charge in [-0.05, 0) is 63.0 Å². The number of aromatic nitrogens is 2. The van der Waals surface area contributed by atoms with E-state index in [0.717, 1.165) is 24.0 Å². The SMILES string of the molecule is COCCCc1cc(NC(=O)N2CCCc3cc(CN(CCN(C)C)C(C)=O)c(C=O)nc32)ncc1C#N.